The molecule has 0 saturated heterocycles. The predicted octanol–water partition coefficient (Wildman–Crippen LogP) is 2.51. The first kappa shape index (κ1) is 16.1. The Morgan fingerprint density at radius 1 is 1.25 bits per heavy atom. The summed E-state index contributed by atoms with van der Waals surface area (Å²) in [7, 11) is 1.76. The molecule has 0 radical (unpaired) electrons. The van der Waals surface area contributed by atoms with Gasteiger partial charge in [0.25, 0.3) is 5.91 Å². The van der Waals surface area contributed by atoms with Crippen LogP contribution in [0.5, 0.6) is 0 Å². The molecule has 0 bridgehead atoms. The molecule has 0 spiro atoms. The van der Waals surface area contributed by atoms with E-state index in [9.17, 15) is 9.59 Å². The topological polar surface area (TPSA) is 75.2 Å². The van der Waals surface area contributed by atoms with E-state index in [0.29, 0.717) is 30.0 Å². The Kier molecular flexibility index (Phi) is 4.29. The second-order valence-electron chi connectivity index (χ2n) is 5.90. The van der Waals surface area contributed by atoms with Crippen LogP contribution in [-0.4, -0.2) is 28.8 Å². The van der Waals surface area contributed by atoms with Crippen LogP contribution >= 0.6 is 0 Å². The first-order chi connectivity index (χ1) is 11.5. The minimum atomic E-state index is -0.211. The molecular formula is C18H20N4O2. The Morgan fingerprint density at radius 2 is 2.04 bits per heavy atom. The van der Waals surface area contributed by atoms with Gasteiger partial charge in [-0.3, -0.25) is 9.59 Å². The maximum Gasteiger partial charge on any atom is 0.256 e. The van der Waals surface area contributed by atoms with Crippen LogP contribution in [0.15, 0.2) is 24.3 Å². The van der Waals surface area contributed by atoms with Gasteiger partial charge in [-0.2, -0.15) is 0 Å². The van der Waals surface area contributed by atoms with Gasteiger partial charge in [0.2, 0.25) is 5.91 Å². The quantitative estimate of drug-likeness (QED) is 0.941. The van der Waals surface area contributed by atoms with Gasteiger partial charge in [-0.05, 0) is 43.5 Å². The molecule has 3 rings (SSSR count). The van der Waals surface area contributed by atoms with E-state index in [2.05, 4.69) is 15.3 Å². The number of hydrogen-bond acceptors (Lipinski definition) is 4. The fourth-order valence-corrected chi connectivity index (χ4v) is 2.86. The van der Waals surface area contributed by atoms with Crippen molar-refractivity contribution in [3.8, 4) is 0 Å². The predicted molar refractivity (Wildman–Crippen MR) is 92.3 cm³/mol. The molecule has 1 aliphatic heterocycles. The highest BCUT2D eigenvalue weighted by Crippen LogP contribution is 2.27. The number of benzene rings is 1. The normalized spacial score (nSPS) is 13.6. The summed E-state index contributed by atoms with van der Waals surface area (Å²) in [6.07, 6.45) is 1.91. The highest BCUT2D eigenvalue weighted by molar-refractivity contribution is 6.05. The Hall–Kier alpha value is -2.76. The lowest BCUT2D eigenvalue weighted by Crippen LogP contribution is -2.31. The van der Waals surface area contributed by atoms with E-state index in [-0.39, 0.29) is 11.8 Å². The summed E-state index contributed by atoms with van der Waals surface area (Å²) in [5.74, 6) is 1.03. The van der Waals surface area contributed by atoms with Crippen LogP contribution in [0, 0.1) is 6.92 Å². The third-order valence-corrected chi connectivity index (χ3v) is 4.18. The molecular weight excluding hydrogens is 304 g/mol. The standard InChI is InChI=1S/C18H20N4O2/c1-4-14-10-16(20-11(2)19-14)21-18(24)13-5-7-15-12(9-13)6-8-17(23)22(15)3/h5,7,9-10H,4,6,8H2,1-3H3,(H,19,20,21,24). The highest BCUT2D eigenvalue weighted by atomic mass is 16.2. The Bertz CT molecular complexity index is 817. The first-order valence-corrected chi connectivity index (χ1v) is 8.03. The van der Waals surface area contributed by atoms with Gasteiger partial charge in [0, 0.05) is 36.5 Å². The number of amides is 2. The molecule has 0 unspecified atom stereocenters. The summed E-state index contributed by atoms with van der Waals surface area (Å²) in [5, 5.41) is 2.83. The number of rotatable bonds is 3. The van der Waals surface area contributed by atoms with Gasteiger partial charge in [-0.15, -0.1) is 0 Å². The number of aryl methyl sites for hydroxylation is 3. The number of hydrogen-bond donors (Lipinski definition) is 1. The third kappa shape index (κ3) is 3.13. The number of aromatic nitrogens is 2. The van der Waals surface area contributed by atoms with Crippen molar-refractivity contribution in [2.75, 3.05) is 17.3 Å². The van der Waals surface area contributed by atoms with Gasteiger partial charge in [-0.25, -0.2) is 9.97 Å². The number of nitrogens with zero attached hydrogens (tertiary/aromatic N) is 3. The van der Waals surface area contributed by atoms with Gasteiger partial charge in [-0.1, -0.05) is 6.92 Å². The van der Waals surface area contributed by atoms with Gasteiger partial charge >= 0.3 is 0 Å². The molecule has 1 aliphatic rings. The van der Waals surface area contributed by atoms with E-state index in [1.165, 1.54) is 0 Å². The second kappa shape index (κ2) is 6.39. The zero-order chi connectivity index (χ0) is 17.3. The van der Waals surface area contributed by atoms with Crippen LogP contribution in [-0.2, 0) is 17.6 Å². The lowest BCUT2D eigenvalue weighted by Gasteiger charge is -2.26. The molecule has 1 aromatic carbocycles. The number of anilines is 2. The highest BCUT2D eigenvalue weighted by Gasteiger charge is 2.22. The van der Waals surface area contributed by atoms with E-state index in [1.807, 2.05) is 19.1 Å². The van der Waals surface area contributed by atoms with Crippen LogP contribution in [0.4, 0.5) is 11.5 Å². The molecule has 6 nitrogen and oxygen atoms in total. The van der Waals surface area contributed by atoms with Crippen molar-refractivity contribution in [2.45, 2.75) is 33.1 Å². The summed E-state index contributed by atoms with van der Waals surface area (Å²) in [4.78, 5) is 34.5. The lowest BCUT2D eigenvalue weighted by atomic mass is 9.99. The molecule has 0 fully saturated rings. The molecule has 0 saturated carbocycles. The van der Waals surface area contributed by atoms with E-state index in [0.717, 1.165) is 23.4 Å². The summed E-state index contributed by atoms with van der Waals surface area (Å²) < 4.78 is 0. The van der Waals surface area contributed by atoms with Crippen LogP contribution in [0.1, 0.15) is 40.8 Å². The van der Waals surface area contributed by atoms with Crippen molar-refractivity contribution < 1.29 is 9.59 Å². The second-order valence-corrected chi connectivity index (χ2v) is 5.90. The molecule has 2 heterocycles. The van der Waals surface area contributed by atoms with E-state index in [1.54, 1.807) is 31.0 Å². The number of carbonyl (C=O) groups is 2. The third-order valence-electron chi connectivity index (χ3n) is 4.18. The minimum absolute atomic E-state index is 0.100. The van der Waals surface area contributed by atoms with Crippen LogP contribution < -0.4 is 10.2 Å². The van der Waals surface area contributed by atoms with Crippen LogP contribution in [0.2, 0.25) is 0 Å². The van der Waals surface area contributed by atoms with Crippen molar-refractivity contribution in [3.05, 3.63) is 46.9 Å². The Labute approximate surface area is 140 Å². The van der Waals surface area contributed by atoms with E-state index < -0.39 is 0 Å². The number of nitrogens with one attached hydrogen (secondary N) is 1. The monoisotopic (exact) mass is 324 g/mol. The molecule has 2 amide bonds. The van der Waals surface area contributed by atoms with E-state index >= 15 is 0 Å². The number of fused-ring (bicyclic) bond motifs is 1. The maximum atomic E-state index is 12.5. The smallest absolute Gasteiger partial charge is 0.256 e. The van der Waals surface area contributed by atoms with Crippen molar-refractivity contribution in [1.82, 2.24) is 9.97 Å². The van der Waals surface area contributed by atoms with Crippen LogP contribution in [0.25, 0.3) is 0 Å². The molecule has 0 aliphatic carbocycles. The fourth-order valence-electron chi connectivity index (χ4n) is 2.86. The van der Waals surface area contributed by atoms with Crippen molar-refractivity contribution in [1.29, 1.82) is 0 Å². The average molecular weight is 324 g/mol. The van der Waals surface area contributed by atoms with Gasteiger partial charge in [0.15, 0.2) is 0 Å². The van der Waals surface area contributed by atoms with E-state index in [4.69, 9.17) is 0 Å². The molecule has 2 aromatic rings. The summed E-state index contributed by atoms with van der Waals surface area (Å²) in [6, 6.07) is 7.19. The summed E-state index contributed by atoms with van der Waals surface area (Å²) in [6.45, 7) is 3.81. The molecule has 24 heavy (non-hydrogen) atoms. The Balaban J connectivity index is 1.84. The SMILES string of the molecule is CCc1cc(NC(=O)c2ccc3c(c2)CCC(=O)N3C)nc(C)n1. The van der Waals surface area contributed by atoms with Gasteiger partial charge < -0.3 is 10.2 Å². The lowest BCUT2D eigenvalue weighted by molar-refractivity contribution is -0.118. The summed E-state index contributed by atoms with van der Waals surface area (Å²) >= 11 is 0. The maximum absolute atomic E-state index is 12.5. The van der Waals surface area contributed by atoms with Gasteiger partial charge in [0.1, 0.15) is 11.6 Å². The fraction of sp³-hybridized carbons (Fsp3) is 0.333. The Morgan fingerprint density at radius 3 is 2.79 bits per heavy atom. The van der Waals surface area contributed by atoms with Crippen LogP contribution in [0.3, 0.4) is 0 Å². The molecule has 1 N–H and O–H groups in total. The molecule has 1 aromatic heterocycles. The zero-order valence-electron chi connectivity index (χ0n) is 14.1. The molecule has 0 atom stereocenters. The largest absolute Gasteiger partial charge is 0.315 e. The zero-order valence-corrected chi connectivity index (χ0v) is 14.1. The number of carbonyl (C=O) groups excluding carboxylic acids is 2. The van der Waals surface area contributed by atoms with Crippen molar-refractivity contribution in [2.24, 2.45) is 0 Å². The van der Waals surface area contributed by atoms with Crippen molar-refractivity contribution in [3.63, 3.8) is 0 Å². The van der Waals surface area contributed by atoms with Crippen molar-refractivity contribution >= 4 is 23.3 Å². The molecule has 124 valence electrons. The summed E-state index contributed by atoms with van der Waals surface area (Å²) in [5.41, 5.74) is 3.33. The minimum Gasteiger partial charge on any atom is -0.315 e. The molecule has 6 heteroatoms. The first-order valence-electron chi connectivity index (χ1n) is 8.03. The average Bonchev–Trinajstić information content (AvgIpc) is 2.57. The van der Waals surface area contributed by atoms with Gasteiger partial charge in [0.05, 0.1) is 0 Å².